The summed E-state index contributed by atoms with van der Waals surface area (Å²) in [5, 5.41) is 0. The van der Waals surface area contributed by atoms with Crippen LogP contribution in [0.25, 0.3) is 0 Å². The number of amides is 1. The number of carbonyl (C=O) groups excluding carboxylic acids is 1. The van der Waals surface area contributed by atoms with E-state index in [0.717, 1.165) is 51.2 Å². The van der Waals surface area contributed by atoms with Gasteiger partial charge in [-0.15, -0.1) is 0 Å². The molecule has 0 spiro atoms. The lowest BCUT2D eigenvalue weighted by molar-refractivity contribution is 0.0740. The molecule has 3 rings (SSSR count). The molecule has 2 aromatic rings. The number of halogens is 1. The van der Waals surface area contributed by atoms with Crippen molar-refractivity contribution in [3.8, 4) is 5.75 Å². The zero-order chi connectivity index (χ0) is 19.9. The van der Waals surface area contributed by atoms with Crippen LogP contribution >= 0.6 is 0 Å². The molecule has 1 saturated heterocycles. The molecule has 1 fully saturated rings. The maximum atomic E-state index is 13.4. The standard InChI is InChI=1S/C23H29FN2O2/c1-25(23(27)20-7-5-8-21(24)16-20)17-18-10-13-26(14-11-18)15-12-19-6-3-4-9-22(19)28-2/h3-9,16,18H,10-15,17H2,1-2H3. The Kier molecular flexibility index (Phi) is 7.04. The van der Waals surface area contributed by atoms with Crippen LogP contribution in [-0.2, 0) is 6.42 Å². The molecule has 1 aliphatic rings. The highest BCUT2D eigenvalue weighted by Crippen LogP contribution is 2.22. The molecule has 28 heavy (non-hydrogen) atoms. The Morgan fingerprint density at radius 1 is 1.18 bits per heavy atom. The molecule has 1 aliphatic heterocycles. The number of benzene rings is 2. The fraction of sp³-hybridized carbons (Fsp3) is 0.435. The van der Waals surface area contributed by atoms with Gasteiger partial charge in [0, 0.05) is 25.7 Å². The van der Waals surface area contributed by atoms with Crippen LogP contribution in [0, 0.1) is 11.7 Å². The van der Waals surface area contributed by atoms with E-state index in [2.05, 4.69) is 17.0 Å². The average Bonchev–Trinajstić information content (AvgIpc) is 2.73. The van der Waals surface area contributed by atoms with Crippen molar-refractivity contribution in [3.05, 3.63) is 65.5 Å². The second-order valence-electron chi connectivity index (χ2n) is 7.54. The van der Waals surface area contributed by atoms with Gasteiger partial charge < -0.3 is 14.5 Å². The predicted molar refractivity (Wildman–Crippen MR) is 109 cm³/mol. The second kappa shape index (κ2) is 9.69. The number of nitrogens with zero attached hydrogens (tertiary/aromatic N) is 2. The van der Waals surface area contributed by atoms with Gasteiger partial charge in [0.1, 0.15) is 11.6 Å². The minimum Gasteiger partial charge on any atom is -0.496 e. The normalized spacial score (nSPS) is 15.4. The van der Waals surface area contributed by atoms with Crippen LogP contribution in [0.2, 0.25) is 0 Å². The Hall–Kier alpha value is -2.40. The summed E-state index contributed by atoms with van der Waals surface area (Å²) >= 11 is 0. The van der Waals surface area contributed by atoms with Crippen LogP contribution in [0.5, 0.6) is 5.75 Å². The van der Waals surface area contributed by atoms with Gasteiger partial charge >= 0.3 is 0 Å². The maximum Gasteiger partial charge on any atom is 0.253 e. The molecule has 0 bridgehead atoms. The number of rotatable bonds is 7. The molecule has 1 amide bonds. The van der Waals surface area contributed by atoms with E-state index in [1.165, 1.54) is 17.7 Å². The van der Waals surface area contributed by atoms with Gasteiger partial charge in [0.25, 0.3) is 5.91 Å². The molecule has 150 valence electrons. The lowest BCUT2D eigenvalue weighted by Gasteiger charge is -2.34. The molecule has 0 radical (unpaired) electrons. The topological polar surface area (TPSA) is 32.8 Å². The molecule has 4 nitrogen and oxygen atoms in total. The Morgan fingerprint density at radius 2 is 1.93 bits per heavy atom. The van der Waals surface area contributed by atoms with E-state index in [-0.39, 0.29) is 11.7 Å². The van der Waals surface area contributed by atoms with Gasteiger partial charge in [0.05, 0.1) is 7.11 Å². The third kappa shape index (κ3) is 5.32. The van der Waals surface area contributed by atoms with Crippen LogP contribution in [-0.4, -0.2) is 56.0 Å². The molecule has 1 heterocycles. The van der Waals surface area contributed by atoms with Crippen LogP contribution in [0.3, 0.4) is 0 Å². The predicted octanol–water partition coefficient (Wildman–Crippen LogP) is 3.86. The molecule has 0 aromatic heterocycles. The van der Waals surface area contributed by atoms with Crippen LogP contribution in [0.4, 0.5) is 4.39 Å². The smallest absolute Gasteiger partial charge is 0.253 e. The minimum atomic E-state index is -0.373. The van der Waals surface area contributed by atoms with Crippen molar-refractivity contribution in [2.45, 2.75) is 19.3 Å². The molecule has 2 aromatic carbocycles. The summed E-state index contributed by atoms with van der Waals surface area (Å²) in [6.45, 7) is 3.82. The number of piperidine rings is 1. The first-order chi connectivity index (χ1) is 13.6. The first-order valence-corrected chi connectivity index (χ1v) is 9.92. The fourth-order valence-corrected chi connectivity index (χ4v) is 3.89. The molecule has 5 heteroatoms. The molecule has 0 atom stereocenters. The van der Waals surface area contributed by atoms with Crippen LogP contribution < -0.4 is 4.74 Å². The summed E-state index contributed by atoms with van der Waals surface area (Å²) in [5.41, 5.74) is 1.66. The highest BCUT2D eigenvalue weighted by molar-refractivity contribution is 5.94. The molecule has 0 saturated carbocycles. The van der Waals surface area contributed by atoms with E-state index in [0.29, 0.717) is 11.5 Å². The van der Waals surface area contributed by atoms with Gasteiger partial charge in [-0.25, -0.2) is 4.39 Å². The molecule has 0 aliphatic carbocycles. The zero-order valence-corrected chi connectivity index (χ0v) is 16.7. The summed E-state index contributed by atoms with van der Waals surface area (Å²) in [5.74, 6) is 0.959. The Labute approximate surface area is 166 Å². The summed E-state index contributed by atoms with van der Waals surface area (Å²) in [4.78, 5) is 16.7. The van der Waals surface area contributed by atoms with Gasteiger partial charge in [-0.05, 0) is 68.1 Å². The van der Waals surface area contributed by atoms with Gasteiger partial charge in [0.2, 0.25) is 0 Å². The SMILES string of the molecule is COc1ccccc1CCN1CCC(CN(C)C(=O)c2cccc(F)c2)CC1. The van der Waals surface area contributed by atoms with Crippen molar-refractivity contribution >= 4 is 5.91 Å². The second-order valence-corrected chi connectivity index (χ2v) is 7.54. The summed E-state index contributed by atoms with van der Waals surface area (Å²) in [6, 6.07) is 14.1. The summed E-state index contributed by atoms with van der Waals surface area (Å²) in [6.07, 6.45) is 3.13. The van der Waals surface area contributed by atoms with E-state index in [4.69, 9.17) is 4.74 Å². The number of hydrogen-bond donors (Lipinski definition) is 0. The van der Waals surface area contributed by atoms with Crippen LogP contribution in [0.1, 0.15) is 28.8 Å². The largest absolute Gasteiger partial charge is 0.496 e. The first kappa shape index (κ1) is 20.3. The van der Waals surface area contributed by atoms with Gasteiger partial charge in [-0.2, -0.15) is 0 Å². The number of ether oxygens (including phenoxy) is 1. The highest BCUT2D eigenvalue weighted by atomic mass is 19.1. The lowest BCUT2D eigenvalue weighted by Crippen LogP contribution is -2.40. The summed E-state index contributed by atoms with van der Waals surface area (Å²) in [7, 11) is 3.52. The Bertz CT molecular complexity index is 788. The fourth-order valence-electron chi connectivity index (χ4n) is 3.89. The van der Waals surface area contributed by atoms with Crippen molar-refractivity contribution in [1.82, 2.24) is 9.80 Å². The zero-order valence-electron chi connectivity index (χ0n) is 16.7. The number of para-hydroxylation sites is 1. The van der Waals surface area contributed by atoms with Crippen molar-refractivity contribution < 1.29 is 13.9 Å². The van der Waals surface area contributed by atoms with Gasteiger partial charge in [-0.3, -0.25) is 4.79 Å². The van der Waals surface area contributed by atoms with Crippen molar-refractivity contribution in [1.29, 1.82) is 0 Å². The first-order valence-electron chi connectivity index (χ1n) is 9.92. The Balaban J connectivity index is 1.44. The van der Waals surface area contributed by atoms with E-state index >= 15 is 0 Å². The van der Waals surface area contributed by atoms with E-state index in [1.54, 1.807) is 31.2 Å². The lowest BCUT2D eigenvalue weighted by atomic mass is 9.95. The Morgan fingerprint density at radius 3 is 2.64 bits per heavy atom. The molecule has 0 unspecified atom stereocenters. The number of hydrogen-bond acceptors (Lipinski definition) is 3. The summed E-state index contributed by atoms with van der Waals surface area (Å²) < 4.78 is 18.8. The third-order valence-electron chi connectivity index (χ3n) is 5.55. The quantitative estimate of drug-likeness (QED) is 0.727. The molecular formula is C23H29FN2O2. The third-order valence-corrected chi connectivity index (χ3v) is 5.55. The monoisotopic (exact) mass is 384 g/mol. The minimum absolute atomic E-state index is 0.113. The van der Waals surface area contributed by atoms with Crippen molar-refractivity contribution in [2.75, 3.05) is 40.3 Å². The average molecular weight is 384 g/mol. The van der Waals surface area contributed by atoms with Gasteiger partial charge in [0.15, 0.2) is 0 Å². The van der Waals surface area contributed by atoms with Crippen molar-refractivity contribution in [3.63, 3.8) is 0 Å². The number of methoxy groups -OCH3 is 1. The number of carbonyl (C=O) groups is 1. The van der Waals surface area contributed by atoms with E-state index in [9.17, 15) is 9.18 Å². The maximum absolute atomic E-state index is 13.4. The van der Waals surface area contributed by atoms with E-state index in [1.807, 2.05) is 12.1 Å². The van der Waals surface area contributed by atoms with Crippen LogP contribution in [0.15, 0.2) is 48.5 Å². The van der Waals surface area contributed by atoms with Gasteiger partial charge in [-0.1, -0.05) is 24.3 Å². The molecule has 0 N–H and O–H groups in total. The number of likely N-dealkylation sites (tertiary alicyclic amines) is 1. The van der Waals surface area contributed by atoms with E-state index < -0.39 is 0 Å². The highest BCUT2D eigenvalue weighted by Gasteiger charge is 2.22. The molecular weight excluding hydrogens is 355 g/mol. The van der Waals surface area contributed by atoms with Crippen molar-refractivity contribution in [2.24, 2.45) is 5.92 Å².